The Bertz CT molecular complexity index is 1770. The fourth-order valence-corrected chi connectivity index (χ4v) is 6.38. The number of aromatic nitrogens is 1. The van der Waals surface area contributed by atoms with E-state index >= 15 is 0 Å². The molecular formula is C29H26F2N4O6S. The number of nitrogens with zero attached hydrogens (tertiary/aromatic N) is 4. The first-order valence-corrected chi connectivity index (χ1v) is 14.3. The average Bonchev–Trinajstić information content (AvgIpc) is 3.33. The SMILES string of the molecule is COc1ccc(-c2cc(C(=O)N3CCN(S(=O)(=O)c4ccc([N+](=O)[O-])cc4)CC3)c(C)n2-c2ccc(F)cc2F)cc1. The van der Waals surface area contributed by atoms with E-state index in [9.17, 15) is 32.1 Å². The molecule has 1 amide bonds. The van der Waals surface area contributed by atoms with Crippen LogP contribution in [-0.4, -0.2) is 66.3 Å². The Kier molecular flexibility index (Phi) is 7.80. The molecule has 42 heavy (non-hydrogen) atoms. The number of piperazine rings is 1. The number of halogens is 2. The average molecular weight is 597 g/mol. The third-order valence-corrected chi connectivity index (χ3v) is 9.14. The summed E-state index contributed by atoms with van der Waals surface area (Å²) in [6.45, 7) is 1.89. The topological polar surface area (TPSA) is 115 Å². The zero-order valence-corrected chi connectivity index (χ0v) is 23.5. The van der Waals surface area contributed by atoms with Crippen LogP contribution in [0, 0.1) is 28.7 Å². The minimum atomic E-state index is -3.93. The van der Waals surface area contributed by atoms with Gasteiger partial charge in [0.25, 0.3) is 11.6 Å². The zero-order chi connectivity index (χ0) is 30.2. The van der Waals surface area contributed by atoms with Crippen LogP contribution in [-0.2, 0) is 10.0 Å². The van der Waals surface area contributed by atoms with Gasteiger partial charge in [-0.1, -0.05) is 0 Å². The van der Waals surface area contributed by atoms with Crippen LogP contribution in [0.2, 0.25) is 0 Å². The van der Waals surface area contributed by atoms with Crippen molar-refractivity contribution in [1.29, 1.82) is 0 Å². The minimum absolute atomic E-state index is 0.0166. The van der Waals surface area contributed by atoms with Gasteiger partial charge in [0.1, 0.15) is 17.4 Å². The Labute approximate surface area is 240 Å². The van der Waals surface area contributed by atoms with E-state index in [-0.39, 0.29) is 53.9 Å². The second kappa shape index (κ2) is 11.3. The van der Waals surface area contributed by atoms with Gasteiger partial charge in [-0.2, -0.15) is 4.31 Å². The van der Waals surface area contributed by atoms with Crippen molar-refractivity contribution in [2.75, 3.05) is 33.3 Å². The Hall–Kier alpha value is -4.62. The summed E-state index contributed by atoms with van der Waals surface area (Å²) in [5.41, 5.74) is 1.73. The molecule has 0 bridgehead atoms. The molecule has 1 aromatic heterocycles. The molecule has 0 unspecified atom stereocenters. The molecule has 13 heteroatoms. The van der Waals surface area contributed by atoms with E-state index in [1.54, 1.807) is 41.8 Å². The first-order valence-electron chi connectivity index (χ1n) is 12.9. The van der Waals surface area contributed by atoms with Crippen LogP contribution in [0.5, 0.6) is 5.75 Å². The fourth-order valence-electron chi connectivity index (χ4n) is 4.96. The Morgan fingerprint density at radius 2 is 1.57 bits per heavy atom. The number of benzene rings is 3. The molecule has 1 saturated heterocycles. The Balaban J connectivity index is 1.43. The van der Waals surface area contributed by atoms with E-state index in [1.807, 2.05) is 0 Å². The van der Waals surface area contributed by atoms with Gasteiger partial charge >= 0.3 is 0 Å². The van der Waals surface area contributed by atoms with Crippen molar-refractivity contribution in [2.24, 2.45) is 0 Å². The number of ether oxygens (including phenoxy) is 1. The highest BCUT2D eigenvalue weighted by atomic mass is 32.2. The highest BCUT2D eigenvalue weighted by Gasteiger charge is 2.32. The lowest BCUT2D eigenvalue weighted by Gasteiger charge is -2.34. The van der Waals surface area contributed by atoms with Crippen LogP contribution in [0.25, 0.3) is 16.9 Å². The molecule has 0 N–H and O–H groups in total. The molecule has 0 spiro atoms. The number of methoxy groups -OCH3 is 1. The number of amides is 1. The van der Waals surface area contributed by atoms with Gasteiger partial charge in [-0.15, -0.1) is 0 Å². The highest BCUT2D eigenvalue weighted by molar-refractivity contribution is 7.89. The van der Waals surface area contributed by atoms with Crippen LogP contribution in [0.3, 0.4) is 0 Å². The number of carbonyl (C=O) groups is 1. The van der Waals surface area contributed by atoms with Crippen molar-refractivity contribution in [3.05, 3.63) is 106 Å². The monoisotopic (exact) mass is 596 g/mol. The van der Waals surface area contributed by atoms with E-state index in [4.69, 9.17) is 4.74 Å². The highest BCUT2D eigenvalue weighted by Crippen LogP contribution is 2.33. The summed E-state index contributed by atoms with van der Waals surface area (Å²) in [5, 5.41) is 10.9. The number of nitro groups is 1. The molecule has 5 rings (SSSR count). The van der Waals surface area contributed by atoms with Gasteiger partial charge in [0.05, 0.1) is 33.9 Å². The summed E-state index contributed by atoms with van der Waals surface area (Å²) in [6, 6.07) is 16.5. The smallest absolute Gasteiger partial charge is 0.269 e. The van der Waals surface area contributed by atoms with Crippen molar-refractivity contribution < 1.29 is 31.7 Å². The van der Waals surface area contributed by atoms with Crippen molar-refractivity contribution in [3.63, 3.8) is 0 Å². The molecule has 0 saturated carbocycles. The second-order valence-electron chi connectivity index (χ2n) is 9.64. The molecule has 0 aliphatic carbocycles. The van der Waals surface area contributed by atoms with Gasteiger partial charge in [0, 0.05) is 50.1 Å². The number of rotatable bonds is 7. The van der Waals surface area contributed by atoms with Gasteiger partial charge in [-0.05, 0) is 67.1 Å². The van der Waals surface area contributed by atoms with Gasteiger partial charge < -0.3 is 14.2 Å². The molecule has 0 atom stereocenters. The van der Waals surface area contributed by atoms with Crippen molar-refractivity contribution in [2.45, 2.75) is 11.8 Å². The third kappa shape index (κ3) is 5.35. The Morgan fingerprint density at radius 1 is 0.929 bits per heavy atom. The van der Waals surface area contributed by atoms with E-state index in [1.165, 1.54) is 34.5 Å². The number of non-ortho nitro benzene ring substituents is 1. The molecule has 2 heterocycles. The van der Waals surface area contributed by atoms with Crippen LogP contribution in [0.15, 0.2) is 77.7 Å². The standard InChI is InChI=1S/C29H26F2N4O6S/c1-19-25(18-28(20-3-8-23(41-2)9-4-20)34(19)27-12-5-21(30)17-26(27)31)29(36)32-13-15-33(16-14-32)42(39,40)24-10-6-22(7-11-24)35(37)38/h3-12,17-18H,13-16H2,1-2H3. The first kappa shape index (κ1) is 28.9. The quantitative estimate of drug-likeness (QED) is 0.224. The summed E-state index contributed by atoms with van der Waals surface area (Å²) in [4.78, 5) is 25.5. The van der Waals surface area contributed by atoms with Gasteiger partial charge in [0.15, 0.2) is 0 Å². The summed E-state index contributed by atoms with van der Waals surface area (Å²) in [6.07, 6.45) is 0. The predicted molar refractivity (Wildman–Crippen MR) is 150 cm³/mol. The third-order valence-electron chi connectivity index (χ3n) is 7.23. The fraction of sp³-hybridized carbons (Fsp3) is 0.207. The van der Waals surface area contributed by atoms with Crippen molar-refractivity contribution in [3.8, 4) is 22.7 Å². The van der Waals surface area contributed by atoms with Crippen LogP contribution < -0.4 is 4.74 Å². The molecule has 1 fully saturated rings. The maximum absolute atomic E-state index is 15.0. The van der Waals surface area contributed by atoms with Crippen LogP contribution >= 0.6 is 0 Å². The number of carbonyl (C=O) groups excluding carboxylic acids is 1. The molecule has 3 aromatic carbocycles. The lowest BCUT2D eigenvalue weighted by Crippen LogP contribution is -2.50. The van der Waals surface area contributed by atoms with Gasteiger partial charge in [0.2, 0.25) is 10.0 Å². The van der Waals surface area contributed by atoms with Gasteiger partial charge in [-0.25, -0.2) is 17.2 Å². The molecule has 10 nitrogen and oxygen atoms in total. The van der Waals surface area contributed by atoms with Crippen molar-refractivity contribution >= 4 is 21.6 Å². The van der Waals surface area contributed by atoms with E-state index in [0.29, 0.717) is 22.7 Å². The summed E-state index contributed by atoms with van der Waals surface area (Å²) >= 11 is 0. The predicted octanol–water partition coefficient (Wildman–Crippen LogP) is 4.79. The van der Waals surface area contributed by atoms with Gasteiger partial charge in [-0.3, -0.25) is 14.9 Å². The molecule has 0 radical (unpaired) electrons. The molecule has 4 aromatic rings. The number of hydrogen-bond donors (Lipinski definition) is 0. The summed E-state index contributed by atoms with van der Waals surface area (Å²) in [7, 11) is -2.40. The normalized spacial score (nSPS) is 14.1. The second-order valence-corrected chi connectivity index (χ2v) is 11.6. The number of hydrogen-bond acceptors (Lipinski definition) is 6. The van der Waals surface area contributed by atoms with Crippen LogP contribution in [0.1, 0.15) is 16.1 Å². The van der Waals surface area contributed by atoms with Crippen LogP contribution in [0.4, 0.5) is 14.5 Å². The molecular weight excluding hydrogens is 570 g/mol. The zero-order valence-electron chi connectivity index (χ0n) is 22.7. The van der Waals surface area contributed by atoms with Crippen molar-refractivity contribution in [1.82, 2.24) is 13.8 Å². The van der Waals surface area contributed by atoms with E-state index in [2.05, 4.69) is 0 Å². The Morgan fingerprint density at radius 3 is 2.14 bits per heavy atom. The largest absolute Gasteiger partial charge is 0.497 e. The lowest BCUT2D eigenvalue weighted by molar-refractivity contribution is -0.384. The molecule has 1 aliphatic heterocycles. The number of nitro benzene ring substituents is 1. The molecule has 1 aliphatic rings. The number of sulfonamides is 1. The van der Waals surface area contributed by atoms with E-state index < -0.39 is 26.6 Å². The first-order chi connectivity index (χ1) is 20.0. The minimum Gasteiger partial charge on any atom is -0.497 e. The lowest BCUT2D eigenvalue weighted by atomic mass is 10.1. The molecule has 218 valence electrons. The maximum atomic E-state index is 15.0. The van der Waals surface area contributed by atoms with E-state index in [0.717, 1.165) is 24.3 Å². The summed E-state index contributed by atoms with van der Waals surface area (Å²) in [5.74, 6) is -1.28. The maximum Gasteiger partial charge on any atom is 0.269 e. The summed E-state index contributed by atoms with van der Waals surface area (Å²) < 4.78 is 62.9.